The van der Waals surface area contributed by atoms with Crippen LogP contribution in [0.3, 0.4) is 0 Å². The maximum atomic E-state index is 9.81. The van der Waals surface area contributed by atoms with Gasteiger partial charge in [-0.1, -0.05) is 36.4 Å². The van der Waals surface area contributed by atoms with Gasteiger partial charge in [0.15, 0.2) is 0 Å². The van der Waals surface area contributed by atoms with Gasteiger partial charge in [-0.25, -0.2) is 0 Å². The van der Waals surface area contributed by atoms with Crippen LogP contribution in [0.25, 0.3) is 21.9 Å². The van der Waals surface area contributed by atoms with E-state index in [1.807, 2.05) is 54.6 Å². The molecule has 2 heterocycles. The monoisotopic (exact) mass is 364 g/mol. The fourth-order valence-corrected chi connectivity index (χ4v) is 3.83. The second-order valence-corrected chi connectivity index (χ2v) is 6.91. The minimum absolute atomic E-state index is 0.430. The molecule has 7 heteroatoms. The summed E-state index contributed by atoms with van der Waals surface area (Å²) in [7, 11) is -1.50. The van der Waals surface area contributed by atoms with Crippen LogP contribution in [0.15, 0.2) is 76.4 Å². The lowest BCUT2D eigenvalue weighted by atomic mass is 9.77. The molecule has 5 nitrogen and oxygen atoms in total. The topological polar surface area (TPSA) is 78.5 Å². The SMILES string of the molecule is OB(O)C(Cc1coc2ccccc12)NSc1cccc2cccnc12. The highest BCUT2D eigenvalue weighted by molar-refractivity contribution is 7.97. The summed E-state index contributed by atoms with van der Waals surface area (Å²) in [6, 6.07) is 17.5. The molecule has 0 fully saturated rings. The number of nitrogens with zero attached hydrogens (tertiary/aromatic N) is 1. The third-order valence-electron chi connectivity index (χ3n) is 4.28. The van der Waals surface area contributed by atoms with Gasteiger partial charge in [0.05, 0.1) is 17.7 Å². The zero-order valence-corrected chi connectivity index (χ0v) is 14.7. The summed E-state index contributed by atoms with van der Waals surface area (Å²) in [5.74, 6) is -0.556. The molecule has 0 spiro atoms. The van der Waals surface area contributed by atoms with Gasteiger partial charge in [-0.05, 0) is 42.1 Å². The number of benzene rings is 2. The van der Waals surface area contributed by atoms with Gasteiger partial charge >= 0.3 is 7.12 Å². The largest absolute Gasteiger partial charge is 0.470 e. The number of para-hydroxylation sites is 2. The van der Waals surface area contributed by atoms with E-state index in [4.69, 9.17) is 4.42 Å². The Balaban J connectivity index is 1.54. The fourth-order valence-electron chi connectivity index (χ4n) is 2.93. The number of rotatable bonds is 6. The second kappa shape index (κ2) is 7.51. The van der Waals surface area contributed by atoms with Crippen LogP contribution in [0.2, 0.25) is 0 Å². The number of hydrogen-bond donors (Lipinski definition) is 3. The van der Waals surface area contributed by atoms with Crippen molar-refractivity contribution in [3.63, 3.8) is 0 Å². The Morgan fingerprint density at radius 3 is 2.81 bits per heavy atom. The molecule has 130 valence electrons. The summed E-state index contributed by atoms with van der Waals surface area (Å²) < 4.78 is 8.71. The van der Waals surface area contributed by atoms with Crippen LogP contribution in [-0.2, 0) is 6.42 Å². The van der Waals surface area contributed by atoms with E-state index in [2.05, 4.69) is 9.71 Å². The Morgan fingerprint density at radius 2 is 1.92 bits per heavy atom. The van der Waals surface area contributed by atoms with Crippen LogP contribution >= 0.6 is 11.9 Å². The number of fused-ring (bicyclic) bond motifs is 2. The van der Waals surface area contributed by atoms with Crippen molar-refractivity contribution < 1.29 is 14.5 Å². The van der Waals surface area contributed by atoms with Gasteiger partial charge in [-0.3, -0.25) is 9.71 Å². The van der Waals surface area contributed by atoms with Gasteiger partial charge in [-0.15, -0.1) is 0 Å². The van der Waals surface area contributed by atoms with Gasteiger partial charge in [0.2, 0.25) is 0 Å². The zero-order chi connectivity index (χ0) is 17.9. The molecule has 0 aliphatic carbocycles. The minimum Gasteiger partial charge on any atom is -0.464 e. The maximum absolute atomic E-state index is 9.81. The van der Waals surface area contributed by atoms with Crippen LogP contribution < -0.4 is 4.72 Å². The van der Waals surface area contributed by atoms with E-state index in [0.29, 0.717) is 6.42 Å². The van der Waals surface area contributed by atoms with E-state index in [0.717, 1.165) is 32.3 Å². The highest BCUT2D eigenvalue weighted by Gasteiger charge is 2.25. The molecular weight excluding hydrogens is 347 g/mol. The summed E-state index contributed by atoms with van der Waals surface area (Å²) in [4.78, 5) is 5.36. The smallest absolute Gasteiger partial charge is 0.464 e. The number of pyridine rings is 1. The maximum Gasteiger partial charge on any atom is 0.470 e. The van der Waals surface area contributed by atoms with E-state index < -0.39 is 13.1 Å². The quantitative estimate of drug-likeness (QED) is 0.360. The lowest BCUT2D eigenvalue weighted by Gasteiger charge is -2.17. The van der Waals surface area contributed by atoms with Gasteiger partial charge < -0.3 is 14.5 Å². The molecule has 3 N–H and O–H groups in total. The van der Waals surface area contributed by atoms with E-state index in [1.54, 1.807) is 12.5 Å². The normalized spacial score (nSPS) is 12.5. The highest BCUT2D eigenvalue weighted by Crippen LogP contribution is 2.26. The first kappa shape index (κ1) is 17.1. The molecule has 0 radical (unpaired) electrons. The van der Waals surface area contributed by atoms with Crippen LogP contribution in [0.4, 0.5) is 0 Å². The highest BCUT2D eigenvalue weighted by atomic mass is 32.2. The fraction of sp³-hybridized carbons (Fsp3) is 0.105. The average Bonchev–Trinajstić information content (AvgIpc) is 3.08. The first-order valence-electron chi connectivity index (χ1n) is 8.30. The summed E-state index contributed by atoms with van der Waals surface area (Å²) in [5.41, 5.74) is 2.61. The molecular formula is C19H17BN2O3S. The number of aromatic nitrogens is 1. The molecule has 2 aromatic carbocycles. The molecule has 4 aromatic rings. The van der Waals surface area contributed by atoms with Gasteiger partial charge in [0, 0.05) is 21.9 Å². The second-order valence-electron chi connectivity index (χ2n) is 6.03. The molecule has 0 saturated carbocycles. The molecule has 0 saturated heterocycles. The summed E-state index contributed by atoms with van der Waals surface area (Å²) >= 11 is 1.35. The van der Waals surface area contributed by atoms with Gasteiger partial charge in [0.25, 0.3) is 0 Å². The number of nitrogens with one attached hydrogen (secondary N) is 1. The third-order valence-corrected chi connectivity index (χ3v) is 5.25. The van der Waals surface area contributed by atoms with Crippen molar-refractivity contribution in [1.29, 1.82) is 0 Å². The van der Waals surface area contributed by atoms with E-state index in [-0.39, 0.29) is 0 Å². The van der Waals surface area contributed by atoms with Crippen molar-refractivity contribution in [3.8, 4) is 0 Å². The van der Waals surface area contributed by atoms with Crippen molar-refractivity contribution in [2.24, 2.45) is 0 Å². The Bertz CT molecular complexity index is 1030. The van der Waals surface area contributed by atoms with Gasteiger partial charge in [-0.2, -0.15) is 0 Å². The van der Waals surface area contributed by atoms with Crippen molar-refractivity contribution in [3.05, 3.63) is 72.6 Å². The van der Waals surface area contributed by atoms with Crippen LogP contribution in [0, 0.1) is 0 Å². The number of hydrogen-bond acceptors (Lipinski definition) is 6. The van der Waals surface area contributed by atoms with Crippen LogP contribution in [0.5, 0.6) is 0 Å². The molecule has 0 aliphatic heterocycles. The van der Waals surface area contributed by atoms with E-state index >= 15 is 0 Å². The summed E-state index contributed by atoms with van der Waals surface area (Å²) in [5, 5.41) is 21.6. The average molecular weight is 364 g/mol. The zero-order valence-electron chi connectivity index (χ0n) is 13.9. The predicted octanol–water partition coefficient (Wildman–Crippen LogP) is 3.20. The minimum atomic E-state index is -1.50. The van der Waals surface area contributed by atoms with Crippen molar-refractivity contribution in [2.45, 2.75) is 17.3 Å². The van der Waals surface area contributed by atoms with E-state index in [1.165, 1.54) is 11.9 Å². The number of furan rings is 1. The lowest BCUT2D eigenvalue weighted by Crippen LogP contribution is -2.42. The van der Waals surface area contributed by atoms with Crippen molar-refractivity contribution >= 4 is 40.9 Å². The molecule has 26 heavy (non-hydrogen) atoms. The van der Waals surface area contributed by atoms with Crippen LogP contribution in [-0.4, -0.2) is 28.1 Å². The Labute approximate surface area is 155 Å². The Morgan fingerprint density at radius 1 is 1.08 bits per heavy atom. The molecule has 1 unspecified atom stereocenters. The Hall–Kier alpha value is -2.32. The van der Waals surface area contributed by atoms with E-state index in [9.17, 15) is 10.0 Å². The third kappa shape index (κ3) is 3.47. The standard InChI is InChI=1S/C19H17BN2O3S/c23-20(24)18(11-14-12-25-16-8-2-1-7-15(14)16)22-26-17-9-3-5-13-6-4-10-21-19(13)17/h1-10,12,18,22-24H,11H2. The molecule has 4 rings (SSSR count). The molecule has 0 bridgehead atoms. The molecule has 2 aromatic heterocycles. The van der Waals surface area contributed by atoms with Crippen LogP contribution in [0.1, 0.15) is 5.56 Å². The summed E-state index contributed by atoms with van der Waals surface area (Å²) in [6.07, 6.45) is 3.86. The lowest BCUT2D eigenvalue weighted by molar-refractivity contribution is 0.382. The first-order valence-corrected chi connectivity index (χ1v) is 9.11. The van der Waals surface area contributed by atoms with Gasteiger partial charge in [0.1, 0.15) is 5.58 Å². The first-order chi connectivity index (χ1) is 12.7. The molecule has 0 aliphatic rings. The van der Waals surface area contributed by atoms with Crippen molar-refractivity contribution in [2.75, 3.05) is 0 Å². The summed E-state index contributed by atoms with van der Waals surface area (Å²) in [6.45, 7) is 0. The Kier molecular flexibility index (Phi) is 4.94. The predicted molar refractivity (Wildman–Crippen MR) is 105 cm³/mol. The molecule has 1 atom stereocenters. The van der Waals surface area contributed by atoms with Crippen molar-refractivity contribution in [1.82, 2.24) is 9.71 Å². The molecule has 0 amide bonds.